The van der Waals surface area contributed by atoms with Gasteiger partial charge in [-0.3, -0.25) is 0 Å². The smallest absolute Gasteiger partial charge is 0.187 e. The fourth-order valence-electron chi connectivity index (χ4n) is 0.843. The van der Waals surface area contributed by atoms with Crippen molar-refractivity contribution in [1.82, 2.24) is 9.97 Å². The lowest BCUT2D eigenvalue weighted by Gasteiger charge is -1.92. The van der Waals surface area contributed by atoms with Gasteiger partial charge in [0, 0.05) is 22.3 Å². The van der Waals surface area contributed by atoms with E-state index < -0.39 is 0 Å². The van der Waals surface area contributed by atoms with Crippen LogP contribution in [-0.4, -0.2) is 16.2 Å². The molecule has 11 heavy (non-hydrogen) atoms. The first kappa shape index (κ1) is 7.06. The molecule has 0 saturated carbocycles. The van der Waals surface area contributed by atoms with E-state index in [1.165, 1.54) is 0 Å². The van der Waals surface area contributed by atoms with Crippen LogP contribution in [0.3, 0.4) is 0 Å². The van der Waals surface area contributed by atoms with Crippen LogP contribution >= 0.6 is 23.1 Å². The van der Waals surface area contributed by atoms with Gasteiger partial charge in [0.05, 0.1) is 5.52 Å². The number of thioether (sulfide) groups is 1. The van der Waals surface area contributed by atoms with Crippen molar-refractivity contribution < 1.29 is 0 Å². The molecule has 56 valence electrons. The molecule has 0 saturated heterocycles. The van der Waals surface area contributed by atoms with E-state index >= 15 is 0 Å². The first-order chi connectivity index (χ1) is 5.40. The van der Waals surface area contributed by atoms with Crippen molar-refractivity contribution in [2.45, 2.75) is 5.16 Å². The molecule has 2 aromatic rings. The molecule has 2 nitrogen and oxygen atoms in total. The molecule has 4 heteroatoms. The molecule has 0 aliphatic heterocycles. The molecule has 2 rings (SSSR count). The van der Waals surface area contributed by atoms with Crippen molar-refractivity contribution in [2.75, 3.05) is 6.26 Å². The van der Waals surface area contributed by atoms with E-state index in [1.54, 1.807) is 23.1 Å². The predicted octanol–water partition coefficient (Wildman–Crippen LogP) is 2.41. The van der Waals surface area contributed by atoms with Crippen LogP contribution in [0.4, 0.5) is 0 Å². The molecule has 0 N–H and O–H groups in total. The van der Waals surface area contributed by atoms with Crippen LogP contribution in [0.15, 0.2) is 22.1 Å². The van der Waals surface area contributed by atoms with E-state index in [9.17, 15) is 0 Å². The number of aromatic nitrogens is 2. The summed E-state index contributed by atoms with van der Waals surface area (Å²) < 4.78 is 0. The van der Waals surface area contributed by atoms with E-state index in [0.717, 1.165) is 16.1 Å². The summed E-state index contributed by atoms with van der Waals surface area (Å²) in [4.78, 5) is 8.47. The molecular weight excluding hydrogens is 176 g/mol. The Morgan fingerprint density at radius 2 is 2.36 bits per heavy atom. The lowest BCUT2D eigenvalue weighted by atomic mass is 10.4. The van der Waals surface area contributed by atoms with Crippen molar-refractivity contribution in [3.8, 4) is 0 Å². The first-order valence-corrected chi connectivity index (χ1v) is 5.30. The summed E-state index contributed by atoms with van der Waals surface area (Å²) in [5.74, 6) is 0. The summed E-state index contributed by atoms with van der Waals surface area (Å²) in [6.45, 7) is 0. The average molecular weight is 182 g/mol. The molecule has 0 bridgehead atoms. The van der Waals surface area contributed by atoms with Gasteiger partial charge in [0.15, 0.2) is 5.16 Å². The Balaban J connectivity index is 2.67. The first-order valence-electron chi connectivity index (χ1n) is 3.13. The maximum atomic E-state index is 4.32. The van der Waals surface area contributed by atoms with Gasteiger partial charge < -0.3 is 0 Å². The third-order valence-corrected chi connectivity index (χ3v) is 2.69. The van der Waals surface area contributed by atoms with Gasteiger partial charge in [-0.2, -0.15) is 0 Å². The number of hydrogen-bond donors (Lipinski definition) is 0. The maximum Gasteiger partial charge on any atom is 0.187 e. The van der Waals surface area contributed by atoms with Gasteiger partial charge >= 0.3 is 0 Å². The van der Waals surface area contributed by atoms with E-state index in [0.29, 0.717) is 0 Å². The number of nitrogens with zero attached hydrogens (tertiary/aromatic N) is 2. The summed E-state index contributed by atoms with van der Waals surface area (Å²) in [7, 11) is 0. The molecule has 2 heterocycles. The van der Waals surface area contributed by atoms with Crippen LogP contribution in [0, 0.1) is 0 Å². The van der Waals surface area contributed by atoms with Crippen molar-refractivity contribution in [1.29, 1.82) is 0 Å². The Labute approximate surface area is 72.7 Å². The fraction of sp³-hybridized carbons (Fsp3) is 0.143. The minimum Gasteiger partial charge on any atom is -0.230 e. The van der Waals surface area contributed by atoms with Crippen molar-refractivity contribution in [2.24, 2.45) is 0 Å². The SMILES string of the molecule is CSc1ncc2cscc2n1. The van der Waals surface area contributed by atoms with E-state index in [1.807, 2.05) is 17.8 Å². The molecule has 0 aliphatic carbocycles. The van der Waals surface area contributed by atoms with Crippen LogP contribution < -0.4 is 0 Å². The maximum absolute atomic E-state index is 4.32. The summed E-state index contributed by atoms with van der Waals surface area (Å²) in [5.41, 5.74) is 1.05. The molecule has 2 aromatic heterocycles. The van der Waals surface area contributed by atoms with Crippen LogP contribution in [0.25, 0.3) is 10.9 Å². The topological polar surface area (TPSA) is 25.8 Å². The quantitative estimate of drug-likeness (QED) is 0.500. The third-order valence-electron chi connectivity index (χ3n) is 1.38. The summed E-state index contributed by atoms with van der Waals surface area (Å²) in [6, 6.07) is 0. The molecule has 0 fully saturated rings. The Hall–Kier alpha value is -0.610. The molecule has 0 spiro atoms. The molecule has 0 atom stereocenters. The normalized spacial score (nSPS) is 10.6. The van der Waals surface area contributed by atoms with E-state index in [4.69, 9.17) is 0 Å². The number of hydrogen-bond acceptors (Lipinski definition) is 4. The van der Waals surface area contributed by atoms with E-state index in [2.05, 4.69) is 15.3 Å². The third kappa shape index (κ3) is 1.23. The Morgan fingerprint density at radius 3 is 3.18 bits per heavy atom. The molecule has 0 amide bonds. The van der Waals surface area contributed by atoms with Gasteiger partial charge in [0.25, 0.3) is 0 Å². The second kappa shape index (κ2) is 2.79. The van der Waals surface area contributed by atoms with Crippen LogP contribution in [0.2, 0.25) is 0 Å². The molecule has 0 aromatic carbocycles. The molecule has 0 unspecified atom stereocenters. The van der Waals surface area contributed by atoms with Crippen LogP contribution in [0.5, 0.6) is 0 Å². The molecule has 0 radical (unpaired) electrons. The standard InChI is InChI=1S/C7H6N2S2/c1-10-7-8-2-5-3-11-4-6(5)9-7/h2-4H,1H3. The van der Waals surface area contributed by atoms with Gasteiger partial charge in [-0.25, -0.2) is 9.97 Å². The van der Waals surface area contributed by atoms with Gasteiger partial charge in [0.2, 0.25) is 0 Å². The summed E-state index contributed by atoms with van der Waals surface area (Å²) in [5, 5.41) is 6.07. The second-order valence-electron chi connectivity index (χ2n) is 2.07. The Morgan fingerprint density at radius 1 is 1.45 bits per heavy atom. The van der Waals surface area contributed by atoms with Crippen LogP contribution in [0.1, 0.15) is 0 Å². The zero-order valence-corrected chi connectivity index (χ0v) is 7.58. The number of rotatable bonds is 1. The minimum atomic E-state index is 0.843. The minimum absolute atomic E-state index is 0.843. The average Bonchev–Trinajstić information content (AvgIpc) is 2.50. The van der Waals surface area contributed by atoms with Crippen molar-refractivity contribution >= 4 is 34.0 Å². The zero-order chi connectivity index (χ0) is 7.68. The number of fused-ring (bicyclic) bond motifs is 1. The van der Waals surface area contributed by atoms with Gasteiger partial charge in [0.1, 0.15) is 0 Å². The van der Waals surface area contributed by atoms with Crippen LogP contribution in [-0.2, 0) is 0 Å². The Kier molecular flexibility index (Phi) is 1.79. The van der Waals surface area contributed by atoms with E-state index in [-0.39, 0.29) is 0 Å². The lowest BCUT2D eigenvalue weighted by molar-refractivity contribution is 1.01. The lowest BCUT2D eigenvalue weighted by Crippen LogP contribution is -1.82. The highest BCUT2D eigenvalue weighted by Crippen LogP contribution is 2.18. The van der Waals surface area contributed by atoms with Gasteiger partial charge in [-0.1, -0.05) is 11.8 Å². The highest BCUT2D eigenvalue weighted by molar-refractivity contribution is 7.98. The monoisotopic (exact) mass is 182 g/mol. The highest BCUT2D eigenvalue weighted by Gasteiger charge is 1.97. The van der Waals surface area contributed by atoms with Gasteiger partial charge in [-0.15, -0.1) is 11.3 Å². The molecular formula is C7H6N2S2. The van der Waals surface area contributed by atoms with Crippen molar-refractivity contribution in [3.05, 3.63) is 17.0 Å². The predicted molar refractivity (Wildman–Crippen MR) is 49.2 cm³/mol. The summed E-state index contributed by atoms with van der Waals surface area (Å²) >= 11 is 3.23. The molecule has 0 aliphatic rings. The highest BCUT2D eigenvalue weighted by atomic mass is 32.2. The van der Waals surface area contributed by atoms with Gasteiger partial charge in [-0.05, 0) is 6.26 Å². The summed E-state index contributed by atoms with van der Waals surface area (Å²) in [6.07, 6.45) is 3.85. The second-order valence-corrected chi connectivity index (χ2v) is 3.59. The fourth-order valence-corrected chi connectivity index (χ4v) is 1.90. The Bertz CT molecular complexity index is 369. The largest absolute Gasteiger partial charge is 0.230 e. The van der Waals surface area contributed by atoms with Crippen molar-refractivity contribution in [3.63, 3.8) is 0 Å². The number of thiophene rings is 1. The zero-order valence-electron chi connectivity index (χ0n) is 5.94.